The molecule has 7 nitrogen and oxygen atoms in total. The molecule has 0 bridgehead atoms. The number of nitrogens with zero attached hydrogens (tertiary/aromatic N) is 2. The smallest absolute Gasteiger partial charge is 0.285 e. The summed E-state index contributed by atoms with van der Waals surface area (Å²) in [7, 11) is -3.92. The molecule has 2 aromatic heterocycles. The first-order valence-electron chi connectivity index (χ1n) is 8.20. The number of hydrazine groups is 1. The van der Waals surface area contributed by atoms with Gasteiger partial charge in [-0.25, -0.2) is 13.4 Å². The van der Waals surface area contributed by atoms with Crippen molar-refractivity contribution >= 4 is 32.4 Å². The van der Waals surface area contributed by atoms with E-state index in [0.717, 1.165) is 10.8 Å². The van der Waals surface area contributed by atoms with Crippen LogP contribution in [0.15, 0.2) is 71.8 Å². The topological polar surface area (TPSA) is 92.6 Å². The molecule has 0 aliphatic rings. The van der Waals surface area contributed by atoms with Gasteiger partial charge in [0.15, 0.2) is 0 Å². The number of carbonyl (C=O) groups is 1. The molecule has 8 heteroatoms. The van der Waals surface area contributed by atoms with E-state index >= 15 is 0 Å². The van der Waals surface area contributed by atoms with Gasteiger partial charge in [-0.3, -0.25) is 14.6 Å². The molecule has 0 aliphatic heterocycles. The molecule has 4 aromatic rings. The molecule has 0 saturated carbocycles. The fourth-order valence-electron chi connectivity index (χ4n) is 2.95. The fourth-order valence-corrected chi connectivity index (χ4v) is 3.83. The second kappa shape index (κ2) is 6.49. The largest absolute Gasteiger partial charge is 0.295 e. The van der Waals surface area contributed by atoms with E-state index in [4.69, 9.17) is 0 Å². The minimum absolute atomic E-state index is 0.0661. The fraction of sp³-hybridized carbons (Fsp3) is 0.0526. The number of hydrogen-bond acceptors (Lipinski definition) is 4. The summed E-state index contributed by atoms with van der Waals surface area (Å²) in [6.07, 6.45) is 1.70. The van der Waals surface area contributed by atoms with Crippen molar-refractivity contribution in [1.29, 1.82) is 0 Å². The third-order valence-corrected chi connectivity index (χ3v) is 5.49. The zero-order valence-electron chi connectivity index (χ0n) is 14.4. The number of nitrogens with one attached hydrogen (secondary N) is 2. The molecule has 2 heterocycles. The summed E-state index contributed by atoms with van der Waals surface area (Å²) in [5.41, 5.74) is 3.65. The number of aromatic nitrogens is 2. The minimum atomic E-state index is -3.92. The van der Waals surface area contributed by atoms with E-state index < -0.39 is 15.9 Å². The first kappa shape index (κ1) is 17.2. The van der Waals surface area contributed by atoms with Gasteiger partial charge >= 0.3 is 0 Å². The zero-order chi connectivity index (χ0) is 19.0. The molecule has 0 atom stereocenters. The number of rotatable bonds is 4. The van der Waals surface area contributed by atoms with Crippen LogP contribution in [0, 0.1) is 6.92 Å². The van der Waals surface area contributed by atoms with E-state index in [2.05, 4.69) is 15.2 Å². The first-order chi connectivity index (χ1) is 13.0. The highest BCUT2D eigenvalue weighted by Crippen LogP contribution is 2.18. The van der Waals surface area contributed by atoms with E-state index in [1.165, 1.54) is 6.07 Å². The summed E-state index contributed by atoms with van der Waals surface area (Å²) >= 11 is 0. The number of fused-ring (bicyclic) bond motifs is 2. The van der Waals surface area contributed by atoms with Crippen LogP contribution in [-0.2, 0) is 10.0 Å². The molecule has 2 N–H and O–H groups in total. The van der Waals surface area contributed by atoms with Crippen molar-refractivity contribution in [3.05, 3.63) is 78.2 Å². The van der Waals surface area contributed by atoms with Crippen molar-refractivity contribution in [2.45, 2.75) is 11.8 Å². The lowest BCUT2D eigenvalue weighted by molar-refractivity contribution is 0.0938. The predicted molar refractivity (Wildman–Crippen MR) is 102 cm³/mol. The Kier molecular flexibility index (Phi) is 4.14. The van der Waals surface area contributed by atoms with Crippen LogP contribution in [0.2, 0.25) is 0 Å². The van der Waals surface area contributed by atoms with E-state index in [1.807, 2.05) is 30.3 Å². The van der Waals surface area contributed by atoms with Crippen LogP contribution in [0.4, 0.5) is 0 Å². The monoisotopic (exact) mass is 380 g/mol. The van der Waals surface area contributed by atoms with Gasteiger partial charge < -0.3 is 0 Å². The van der Waals surface area contributed by atoms with Crippen LogP contribution in [0.5, 0.6) is 0 Å². The summed E-state index contributed by atoms with van der Waals surface area (Å²) in [6.45, 7) is 1.69. The Balaban J connectivity index is 1.59. The molecule has 27 heavy (non-hydrogen) atoms. The average molecular weight is 380 g/mol. The number of amides is 1. The van der Waals surface area contributed by atoms with Crippen LogP contribution in [0.3, 0.4) is 0 Å². The van der Waals surface area contributed by atoms with Crippen LogP contribution in [0.25, 0.3) is 16.4 Å². The Morgan fingerprint density at radius 3 is 2.56 bits per heavy atom. The lowest BCUT2D eigenvalue weighted by Crippen LogP contribution is -2.42. The van der Waals surface area contributed by atoms with Crippen LogP contribution < -0.4 is 10.3 Å². The number of carbonyl (C=O) groups excluding carboxylic acids is 1. The van der Waals surface area contributed by atoms with Crippen molar-refractivity contribution in [3.63, 3.8) is 0 Å². The highest BCUT2D eigenvalue weighted by molar-refractivity contribution is 7.89. The second-order valence-electron chi connectivity index (χ2n) is 6.04. The predicted octanol–water partition coefficient (Wildman–Crippen LogP) is 2.42. The molecular weight excluding hydrogens is 364 g/mol. The van der Waals surface area contributed by atoms with Crippen molar-refractivity contribution in [2.75, 3.05) is 0 Å². The Labute approximate surface area is 155 Å². The van der Waals surface area contributed by atoms with E-state index in [0.29, 0.717) is 11.3 Å². The van der Waals surface area contributed by atoms with Gasteiger partial charge in [-0.2, -0.15) is 0 Å². The quantitative estimate of drug-likeness (QED) is 0.532. The number of imidazole rings is 1. The molecule has 2 aromatic carbocycles. The van der Waals surface area contributed by atoms with Gasteiger partial charge in [0.1, 0.15) is 11.3 Å². The Morgan fingerprint density at radius 1 is 1.00 bits per heavy atom. The van der Waals surface area contributed by atoms with Crippen LogP contribution in [-0.4, -0.2) is 23.7 Å². The molecule has 0 saturated heterocycles. The molecule has 0 radical (unpaired) electrons. The third kappa shape index (κ3) is 3.16. The lowest BCUT2D eigenvalue weighted by Gasteiger charge is -2.09. The normalized spacial score (nSPS) is 11.7. The highest BCUT2D eigenvalue weighted by atomic mass is 32.2. The Bertz CT molecular complexity index is 1280. The molecule has 136 valence electrons. The summed E-state index contributed by atoms with van der Waals surface area (Å²) in [4.78, 5) is 19.0. The van der Waals surface area contributed by atoms with Gasteiger partial charge in [-0.1, -0.05) is 36.4 Å². The van der Waals surface area contributed by atoms with E-state index in [-0.39, 0.29) is 10.6 Å². The maximum Gasteiger partial charge on any atom is 0.285 e. The summed E-state index contributed by atoms with van der Waals surface area (Å²) in [5, 5.41) is 1.73. The van der Waals surface area contributed by atoms with Gasteiger partial charge in [-0.15, -0.1) is 4.83 Å². The van der Waals surface area contributed by atoms with Crippen molar-refractivity contribution in [3.8, 4) is 0 Å². The van der Waals surface area contributed by atoms with Crippen molar-refractivity contribution < 1.29 is 13.2 Å². The maximum atomic E-state index is 12.6. The third-order valence-electron chi connectivity index (χ3n) is 4.25. The number of benzene rings is 2. The number of sulfonamides is 1. The second-order valence-corrected chi connectivity index (χ2v) is 7.73. The number of pyridine rings is 1. The maximum absolute atomic E-state index is 12.6. The standard InChI is InChI=1S/C19H16N4O3S/c1-13-18(23-11-5-4-8-17(23)20-13)19(24)21-22-27(25,26)16-10-9-14-6-2-3-7-15(14)12-16/h2-12,22H,1H3,(H,21,24). The molecule has 0 aliphatic carbocycles. The van der Waals surface area contributed by atoms with Crippen LogP contribution in [0.1, 0.15) is 16.2 Å². The van der Waals surface area contributed by atoms with Gasteiger partial charge in [0.25, 0.3) is 15.9 Å². The molecular formula is C19H16N4O3S. The van der Waals surface area contributed by atoms with E-state index in [9.17, 15) is 13.2 Å². The average Bonchev–Trinajstić information content (AvgIpc) is 3.01. The number of hydrogen-bond donors (Lipinski definition) is 2. The van der Waals surface area contributed by atoms with Gasteiger partial charge in [-0.05, 0) is 42.0 Å². The number of aryl methyl sites for hydroxylation is 1. The molecule has 0 unspecified atom stereocenters. The van der Waals surface area contributed by atoms with Gasteiger partial charge in [0.2, 0.25) is 0 Å². The molecule has 0 spiro atoms. The molecule has 4 rings (SSSR count). The highest BCUT2D eigenvalue weighted by Gasteiger charge is 2.20. The minimum Gasteiger partial charge on any atom is -0.295 e. The first-order valence-corrected chi connectivity index (χ1v) is 9.69. The van der Waals surface area contributed by atoms with Crippen molar-refractivity contribution in [2.24, 2.45) is 0 Å². The summed E-state index contributed by atoms with van der Waals surface area (Å²) < 4.78 is 26.7. The molecule has 1 amide bonds. The van der Waals surface area contributed by atoms with Crippen LogP contribution >= 0.6 is 0 Å². The van der Waals surface area contributed by atoms with Gasteiger partial charge in [0.05, 0.1) is 10.6 Å². The van der Waals surface area contributed by atoms with E-state index in [1.54, 1.807) is 41.8 Å². The summed E-state index contributed by atoms with van der Waals surface area (Å²) in [5.74, 6) is -0.587. The lowest BCUT2D eigenvalue weighted by atomic mass is 10.1. The summed E-state index contributed by atoms with van der Waals surface area (Å²) in [6, 6.07) is 17.6. The van der Waals surface area contributed by atoms with Crippen molar-refractivity contribution in [1.82, 2.24) is 19.6 Å². The zero-order valence-corrected chi connectivity index (χ0v) is 15.2. The SMILES string of the molecule is Cc1nc2ccccn2c1C(=O)NNS(=O)(=O)c1ccc2ccccc2c1. The Hall–Kier alpha value is -3.23. The Morgan fingerprint density at radius 2 is 1.74 bits per heavy atom. The van der Waals surface area contributed by atoms with Gasteiger partial charge in [0, 0.05) is 6.20 Å². The molecule has 0 fully saturated rings.